The van der Waals surface area contributed by atoms with Gasteiger partial charge in [-0.05, 0) is 63.2 Å². The second-order valence-electron chi connectivity index (χ2n) is 6.09. The van der Waals surface area contributed by atoms with Gasteiger partial charge in [0, 0.05) is 0 Å². The third kappa shape index (κ3) is 1.91. The number of allylic oxidation sites excluding steroid dienone is 3. The first-order chi connectivity index (χ1) is 7.03. The maximum absolute atomic E-state index is 4.33. The molecule has 0 spiro atoms. The second-order valence-corrected chi connectivity index (χ2v) is 6.09. The Hall–Kier alpha value is -0.520. The zero-order chi connectivity index (χ0) is 11.1. The Balaban J connectivity index is 2.25. The number of hydrogen-bond donors (Lipinski definition) is 0. The topological polar surface area (TPSA) is 0 Å². The normalized spacial score (nSPS) is 40.1. The van der Waals surface area contributed by atoms with Crippen LogP contribution in [0.5, 0.6) is 0 Å². The van der Waals surface area contributed by atoms with Crippen LogP contribution in [0.2, 0.25) is 0 Å². The molecule has 0 aromatic rings. The van der Waals surface area contributed by atoms with Gasteiger partial charge < -0.3 is 0 Å². The first kappa shape index (κ1) is 11.0. The van der Waals surface area contributed by atoms with Crippen molar-refractivity contribution in [3.05, 3.63) is 23.8 Å². The fourth-order valence-electron chi connectivity index (χ4n) is 3.89. The fourth-order valence-corrected chi connectivity index (χ4v) is 3.89. The summed E-state index contributed by atoms with van der Waals surface area (Å²) in [6, 6.07) is 0. The van der Waals surface area contributed by atoms with Crippen molar-refractivity contribution in [2.24, 2.45) is 17.3 Å². The van der Waals surface area contributed by atoms with Gasteiger partial charge in [-0.25, -0.2) is 0 Å². The highest BCUT2D eigenvalue weighted by atomic mass is 14.5. The highest BCUT2D eigenvalue weighted by molar-refractivity contribution is 5.19. The summed E-state index contributed by atoms with van der Waals surface area (Å²) < 4.78 is 0. The van der Waals surface area contributed by atoms with E-state index in [0.29, 0.717) is 5.41 Å². The molecule has 2 aliphatic carbocycles. The minimum Gasteiger partial charge on any atom is -0.0995 e. The van der Waals surface area contributed by atoms with Crippen molar-refractivity contribution in [3.8, 4) is 0 Å². The lowest BCUT2D eigenvalue weighted by atomic mass is 9.65. The summed E-state index contributed by atoms with van der Waals surface area (Å²) in [5.41, 5.74) is 3.58. The molecule has 0 aliphatic heterocycles. The summed E-state index contributed by atoms with van der Waals surface area (Å²) in [7, 11) is 0. The lowest BCUT2D eigenvalue weighted by Gasteiger charge is -2.39. The molecular weight excluding hydrogens is 180 g/mol. The van der Waals surface area contributed by atoms with E-state index in [-0.39, 0.29) is 0 Å². The van der Waals surface area contributed by atoms with Crippen molar-refractivity contribution in [3.63, 3.8) is 0 Å². The molecule has 0 heterocycles. The summed E-state index contributed by atoms with van der Waals surface area (Å²) in [5, 5.41) is 0. The molecule has 0 saturated heterocycles. The third-order valence-corrected chi connectivity index (χ3v) is 4.46. The monoisotopic (exact) mass is 204 g/mol. The van der Waals surface area contributed by atoms with Gasteiger partial charge in [0.15, 0.2) is 0 Å². The molecule has 84 valence electrons. The average molecular weight is 204 g/mol. The van der Waals surface area contributed by atoms with E-state index in [1.54, 1.807) is 0 Å². The lowest BCUT2D eigenvalue weighted by Crippen LogP contribution is -2.30. The van der Waals surface area contributed by atoms with Crippen LogP contribution in [0.4, 0.5) is 0 Å². The Bertz CT molecular complexity index is 293. The van der Waals surface area contributed by atoms with E-state index in [1.807, 2.05) is 0 Å². The van der Waals surface area contributed by atoms with Crippen LogP contribution in [-0.2, 0) is 0 Å². The average Bonchev–Trinajstić information content (AvgIpc) is 2.43. The Morgan fingerprint density at radius 1 is 1.40 bits per heavy atom. The second kappa shape index (κ2) is 3.81. The van der Waals surface area contributed by atoms with E-state index in [4.69, 9.17) is 0 Å². The molecule has 2 saturated carbocycles. The largest absolute Gasteiger partial charge is 0.0995 e. The van der Waals surface area contributed by atoms with Crippen LogP contribution in [0.1, 0.15) is 52.9 Å². The molecule has 0 N–H and O–H groups in total. The van der Waals surface area contributed by atoms with E-state index in [1.165, 1.54) is 43.3 Å². The Morgan fingerprint density at radius 2 is 2.13 bits per heavy atom. The lowest BCUT2D eigenvalue weighted by molar-refractivity contribution is 0.187. The summed E-state index contributed by atoms with van der Waals surface area (Å²) in [6.45, 7) is 11.3. The van der Waals surface area contributed by atoms with Gasteiger partial charge in [-0.1, -0.05) is 30.7 Å². The quantitative estimate of drug-likeness (QED) is 0.542. The van der Waals surface area contributed by atoms with Crippen molar-refractivity contribution >= 4 is 0 Å². The molecule has 0 amide bonds. The zero-order valence-electron chi connectivity index (χ0n) is 10.5. The van der Waals surface area contributed by atoms with Crippen molar-refractivity contribution in [1.82, 2.24) is 0 Å². The van der Waals surface area contributed by atoms with Gasteiger partial charge in [0.2, 0.25) is 0 Å². The molecule has 0 nitrogen and oxygen atoms in total. The van der Waals surface area contributed by atoms with Gasteiger partial charge in [0.25, 0.3) is 0 Å². The first-order valence-corrected chi connectivity index (χ1v) is 6.36. The number of fused-ring (bicyclic) bond motifs is 1. The molecule has 0 aromatic heterocycles. The molecule has 0 bridgehead atoms. The number of rotatable bonds is 1. The highest BCUT2D eigenvalue weighted by Gasteiger charge is 2.46. The zero-order valence-corrected chi connectivity index (χ0v) is 10.5. The number of hydrogen-bond acceptors (Lipinski definition) is 0. The van der Waals surface area contributed by atoms with E-state index in [2.05, 4.69) is 33.4 Å². The predicted octanol–water partition coefficient (Wildman–Crippen LogP) is 4.73. The highest BCUT2D eigenvalue weighted by Crippen LogP contribution is 2.56. The smallest absolute Gasteiger partial charge is 0.00889 e. The maximum Gasteiger partial charge on any atom is -0.00889 e. The Kier molecular flexibility index (Phi) is 2.79. The van der Waals surface area contributed by atoms with Crippen LogP contribution < -0.4 is 0 Å². The molecule has 0 heteroatoms. The van der Waals surface area contributed by atoms with Gasteiger partial charge in [0.1, 0.15) is 0 Å². The van der Waals surface area contributed by atoms with Crippen molar-refractivity contribution in [2.75, 3.05) is 0 Å². The molecule has 2 aliphatic rings. The standard InChI is InChI=1S/C15H24/c1-11(2)10-13-7-9-15(4)8-5-6-12(3)14(13)15/h10,13-14H,3,5-9H2,1-2,4H3/t13-,14-,15+/m0/s1. The summed E-state index contributed by atoms with van der Waals surface area (Å²) >= 11 is 0. The SMILES string of the molecule is C=C1CCC[C@]2(C)CC[C@@H](C=C(C)C)[C@H]12. The van der Waals surface area contributed by atoms with Crippen LogP contribution in [0.25, 0.3) is 0 Å². The third-order valence-electron chi connectivity index (χ3n) is 4.46. The van der Waals surface area contributed by atoms with Crippen molar-refractivity contribution < 1.29 is 0 Å². The van der Waals surface area contributed by atoms with E-state index < -0.39 is 0 Å². The minimum atomic E-state index is 0.575. The van der Waals surface area contributed by atoms with Gasteiger partial charge >= 0.3 is 0 Å². The Morgan fingerprint density at radius 3 is 2.80 bits per heavy atom. The van der Waals surface area contributed by atoms with Crippen LogP contribution in [0.3, 0.4) is 0 Å². The van der Waals surface area contributed by atoms with Crippen LogP contribution in [0, 0.1) is 17.3 Å². The van der Waals surface area contributed by atoms with Crippen molar-refractivity contribution in [2.45, 2.75) is 52.9 Å². The van der Waals surface area contributed by atoms with E-state index >= 15 is 0 Å². The van der Waals surface area contributed by atoms with Crippen LogP contribution in [-0.4, -0.2) is 0 Å². The molecule has 2 fully saturated rings. The van der Waals surface area contributed by atoms with Crippen LogP contribution in [0.15, 0.2) is 23.8 Å². The first-order valence-electron chi connectivity index (χ1n) is 6.36. The molecule has 0 radical (unpaired) electrons. The maximum atomic E-state index is 4.33. The summed E-state index contributed by atoms with van der Waals surface area (Å²) in [6.07, 6.45) is 9.34. The molecule has 0 unspecified atom stereocenters. The van der Waals surface area contributed by atoms with Gasteiger partial charge in [-0.15, -0.1) is 0 Å². The molecule has 2 rings (SSSR count). The molecule has 3 atom stereocenters. The van der Waals surface area contributed by atoms with Gasteiger partial charge in [-0.3, -0.25) is 0 Å². The fraction of sp³-hybridized carbons (Fsp3) is 0.733. The molecule has 15 heavy (non-hydrogen) atoms. The predicted molar refractivity (Wildman–Crippen MR) is 66.7 cm³/mol. The van der Waals surface area contributed by atoms with Crippen LogP contribution >= 0.6 is 0 Å². The molecular formula is C15H24. The van der Waals surface area contributed by atoms with Crippen molar-refractivity contribution in [1.29, 1.82) is 0 Å². The van der Waals surface area contributed by atoms with Gasteiger partial charge in [0.05, 0.1) is 0 Å². The van der Waals surface area contributed by atoms with E-state index in [0.717, 1.165) is 11.8 Å². The Labute approximate surface area is 94.5 Å². The summed E-state index contributed by atoms with van der Waals surface area (Å²) in [4.78, 5) is 0. The molecule has 0 aromatic carbocycles. The van der Waals surface area contributed by atoms with Gasteiger partial charge in [-0.2, -0.15) is 0 Å². The minimum absolute atomic E-state index is 0.575. The van der Waals surface area contributed by atoms with E-state index in [9.17, 15) is 0 Å². The summed E-state index contributed by atoms with van der Waals surface area (Å²) in [5.74, 6) is 1.56.